The molecule has 0 aliphatic heterocycles. The normalized spacial score (nSPS) is 14.2. The highest BCUT2D eigenvalue weighted by atomic mass is 19.4. The number of nitrogens with zero attached hydrogens (tertiary/aromatic N) is 2. The van der Waals surface area contributed by atoms with Crippen LogP contribution in [-0.2, 0) is 25.6 Å². The fraction of sp³-hybridized carbons (Fsp3) is 0.444. The first kappa shape index (κ1) is 17.5. The lowest BCUT2D eigenvalue weighted by Crippen LogP contribution is -2.28. The summed E-state index contributed by atoms with van der Waals surface area (Å²) in [5, 5.41) is 6.55. The second kappa shape index (κ2) is 6.90. The third-order valence-electron chi connectivity index (χ3n) is 4.52. The van der Waals surface area contributed by atoms with Crippen molar-refractivity contribution in [3.63, 3.8) is 0 Å². The van der Waals surface area contributed by atoms with E-state index in [9.17, 15) is 18.0 Å². The fourth-order valence-electron chi connectivity index (χ4n) is 3.28. The summed E-state index contributed by atoms with van der Waals surface area (Å²) < 4.78 is 40.9. The number of fused-ring (bicyclic) bond motifs is 1. The summed E-state index contributed by atoms with van der Waals surface area (Å²) in [5.74, 6) is -0.227. The second-order valence-electron chi connectivity index (χ2n) is 6.27. The van der Waals surface area contributed by atoms with Gasteiger partial charge in [-0.1, -0.05) is 18.2 Å². The van der Waals surface area contributed by atoms with Crippen molar-refractivity contribution in [2.45, 2.75) is 45.3 Å². The zero-order valence-corrected chi connectivity index (χ0v) is 14.0. The summed E-state index contributed by atoms with van der Waals surface area (Å²) in [6, 6.07) is 7.19. The van der Waals surface area contributed by atoms with Gasteiger partial charge in [-0.25, -0.2) is 0 Å². The zero-order valence-electron chi connectivity index (χ0n) is 14.0. The lowest BCUT2D eigenvalue weighted by molar-refractivity contribution is -0.142. The standard InChI is InChI=1S/C18H20F3N3O/c1-12-6-2-3-7-13(12)17(25)22-10-11-24-15-9-5-4-8-14(15)16(23-24)18(19,20)21/h2-3,6-7H,4-5,8-11H2,1H3,(H,22,25). The maximum Gasteiger partial charge on any atom is 0.435 e. The van der Waals surface area contributed by atoms with Crippen LogP contribution in [0.15, 0.2) is 24.3 Å². The minimum atomic E-state index is -4.43. The van der Waals surface area contributed by atoms with Gasteiger partial charge >= 0.3 is 6.18 Å². The molecule has 1 aliphatic rings. The first-order valence-corrected chi connectivity index (χ1v) is 8.37. The van der Waals surface area contributed by atoms with Crippen LogP contribution in [0.1, 0.15) is 45.7 Å². The van der Waals surface area contributed by atoms with E-state index in [-0.39, 0.29) is 19.0 Å². The Morgan fingerprint density at radius 3 is 2.68 bits per heavy atom. The molecule has 1 aliphatic carbocycles. The molecule has 25 heavy (non-hydrogen) atoms. The minimum absolute atomic E-state index is 0.227. The Labute approximate surface area is 144 Å². The van der Waals surface area contributed by atoms with E-state index in [1.54, 1.807) is 12.1 Å². The molecule has 134 valence electrons. The van der Waals surface area contributed by atoms with Gasteiger partial charge in [-0.2, -0.15) is 18.3 Å². The van der Waals surface area contributed by atoms with Crippen LogP contribution in [0.3, 0.4) is 0 Å². The molecule has 1 amide bonds. The Morgan fingerprint density at radius 1 is 1.24 bits per heavy atom. The van der Waals surface area contributed by atoms with E-state index in [0.717, 1.165) is 18.4 Å². The summed E-state index contributed by atoms with van der Waals surface area (Å²) in [5.41, 5.74) is 1.64. The number of aromatic nitrogens is 2. The van der Waals surface area contributed by atoms with E-state index in [1.807, 2.05) is 19.1 Å². The van der Waals surface area contributed by atoms with Crippen molar-refractivity contribution < 1.29 is 18.0 Å². The van der Waals surface area contributed by atoms with Crippen LogP contribution in [0.25, 0.3) is 0 Å². The Bertz CT molecular complexity index is 780. The van der Waals surface area contributed by atoms with Gasteiger partial charge < -0.3 is 5.32 Å². The number of benzene rings is 1. The van der Waals surface area contributed by atoms with Gasteiger partial charge in [0.2, 0.25) is 0 Å². The molecule has 1 N–H and O–H groups in total. The number of aryl methyl sites for hydroxylation is 1. The molecule has 1 aromatic carbocycles. The highest BCUT2D eigenvalue weighted by Gasteiger charge is 2.39. The van der Waals surface area contributed by atoms with Gasteiger partial charge in [0.25, 0.3) is 5.91 Å². The fourth-order valence-corrected chi connectivity index (χ4v) is 3.28. The van der Waals surface area contributed by atoms with Gasteiger partial charge in [-0.15, -0.1) is 0 Å². The van der Waals surface area contributed by atoms with Crippen molar-refractivity contribution in [2.24, 2.45) is 0 Å². The molecule has 4 nitrogen and oxygen atoms in total. The average molecular weight is 351 g/mol. The molecule has 0 atom stereocenters. The molecular formula is C18H20F3N3O. The van der Waals surface area contributed by atoms with Crippen LogP contribution < -0.4 is 5.32 Å². The smallest absolute Gasteiger partial charge is 0.350 e. The van der Waals surface area contributed by atoms with E-state index in [0.29, 0.717) is 29.7 Å². The molecule has 0 bridgehead atoms. The van der Waals surface area contributed by atoms with Crippen molar-refractivity contribution in [3.05, 3.63) is 52.3 Å². The van der Waals surface area contributed by atoms with Crippen LogP contribution >= 0.6 is 0 Å². The Kier molecular flexibility index (Phi) is 4.83. The zero-order chi connectivity index (χ0) is 18.0. The Morgan fingerprint density at radius 2 is 1.96 bits per heavy atom. The lowest BCUT2D eigenvalue weighted by Gasteiger charge is -2.15. The van der Waals surface area contributed by atoms with Crippen LogP contribution in [0.2, 0.25) is 0 Å². The first-order chi connectivity index (χ1) is 11.9. The summed E-state index contributed by atoms with van der Waals surface area (Å²) in [7, 11) is 0. The highest BCUT2D eigenvalue weighted by Crippen LogP contribution is 2.35. The monoisotopic (exact) mass is 351 g/mol. The summed E-state index contributed by atoms with van der Waals surface area (Å²) >= 11 is 0. The molecule has 1 aromatic heterocycles. The molecule has 7 heteroatoms. The van der Waals surface area contributed by atoms with E-state index in [2.05, 4.69) is 10.4 Å². The Hall–Kier alpha value is -2.31. The third kappa shape index (κ3) is 3.70. The SMILES string of the molecule is Cc1ccccc1C(=O)NCCn1nc(C(F)(F)F)c2c1CCCC2. The van der Waals surface area contributed by atoms with E-state index in [1.165, 1.54) is 4.68 Å². The predicted octanol–water partition coefficient (Wildman–Crippen LogP) is 3.52. The van der Waals surface area contributed by atoms with E-state index >= 15 is 0 Å². The number of nitrogens with one attached hydrogen (secondary N) is 1. The van der Waals surface area contributed by atoms with Gasteiger partial charge in [0.05, 0.1) is 6.54 Å². The van der Waals surface area contributed by atoms with Gasteiger partial charge in [-0.3, -0.25) is 9.48 Å². The number of alkyl halides is 3. The molecular weight excluding hydrogens is 331 g/mol. The van der Waals surface area contributed by atoms with Gasteiger partial charge in [0.15, 0.2) is 5.69 Å². The summed E-state index contributed by atoms with van der Waals surface area (Å²) in [4.78, 5) is 12.2. The lowest BCUT2D eigenvalue weighted by atomic mass is 9.95. The number of hydrogen-bond donors (Lipinski definition) is 1. The number of hydrogen-bond acceptors (Lipinski definition) is 2. The van der Waals surface area contributed by atoms with Crippen LogP contribution in [0, 0.1) is 6.92 Å². The van der Waals surface area contributed by atoms with Crippen molar-refractivity contribution in [2.75, 3.05) is 6.54 Å². The van der Waals surface area contributed by atoms with E-state index in [4.69, 9.17) is 0 Å². The van der Waals surface area contributed by atoms with E-state index < -0.39 is 11.9 Å². The molecule has 0 spiro atoms. The maximum absolute atomic E-state index is 13.2. The van der Waals surface area contributed by atoms with Crippen molar-refractivity contribution in [3.8, 4) is 0 Å². The van der Waals surface area contributed by atoms with Gasteiger partial charge in [0.1, 0.15) is 0 Å². The third-order valence-corrected chi connectivity index (χ3v) is 4.52. The molecule has 0 saturated carbocycles. The summed E-state index contributed by atoms with van der Waals surface area (Å²) in [6.45, 7) is 2.31. The molecule has 0 fully saturated rings. The van der Waals surface area contributed by atoms with Crippen LogP contribution in [0.4, 0.5) is 13.2 Å². The van der Waals surface area contributed by atoms with Gasteiger partial charge in [-0.05, 0) is 44.2 Å². The van der Waals surface area contributed by atoms with Gasteiger partial charge in [0, 0.05) is 23.4 Å². The maximum atomic E-state index is 13.2. The number of halogens is 3. The molecule has 3 rings (SSSR count). The molecule has 1 heterocycles. The Balaban J connectivity index is 1.71. The second-order valence-corrected chi connectivity index (χ2v) is 6.27. The largest absolute Gasteiger partial charge is 0.435 e. The topological polar surface area (TPSA) is 46.9 Å². The van der Waals surface area contributed by atoms with Crippen molar-refractivity contribution >= 4 is 5.91 Å². The first-order valence-electron chi connectivity index (χ1n) is 8.37. The van der Waals surface area contributed by atoms with Crippen LogP contribution in [0.5, 0.6) is 0 Å². The number of carbonyl (C=O) groups excluding carboxylic acids is 1. The highest BCUT2D eigenvalue weighted by molar-refractivity contribution is 5.95. The van der Waals surface area contributed by atoms with Crippen molar-refractivity contribution in [1.29, 1.82) is 0 Å². The number of carbonyl (C=O) groups is 1. The number of rotatable bonds is 4. The average Bonchev–Trinajstić information content (AvgIpc) is 2.94. The summed E-state index contributed by atoms with van der Waals surface area (Å²) in [6.07, 6.45) is -1.79. The molecule has 0 radical (unpaired) electrons. The molecule has 0 saturated heterocycles. The van der Waals surface area contributed by atoms with Crippen molar-refractivity contribution in [1.82, 2.24) is 15.1 Å². The number of amides is 1. The predicted molar refractivity (Wildman–Crippen MR) is 87.4 cm³/mol. The molecule has 2 aromatic rings. The molecule has 0 unspecified atom stereocenters. The minimum Gasteiger partial charge on any atom is -0.350 e. The van der Waals surface area contributed by atoms with Crippen LogP contribution in [-0.4, -0.2) is 22.2 Å². The quantitative estimate of drug-likeness (QED) is 0.916.